The Hall–Kier alpha value is -1.76. The number of hydrogen-bond donors (Lipinski definition) is 0. The van der Waals surface area contributed by atoms with E-state index < -0.39 is 0 Å². The van der Waals surface area contributed by atoms with Gasteiger partial charge in [0, 0.05) is 18.4 Å². The number of anilines is 2. The third-order valence-electron chi connectivity index (χ3n) is 4.27. The lowest BCUT2D eigenvalue weighted by Crippen LogP contribution is -2.12. The molecule has 1 atom stereocenters. The smallest absolute Gasteiger partial charge is 0.0411 e. The summed E-state index contributed by atoms with van der Waals surface area (Å²) in [6, 6.07) is 17.5. The summed E-state index contributed by atoms with van der Waals surface area (Å²) in [6.07, 6.45) is 3.89. The highest BCUT2D eigenvalue weighted by Gasteiger charge is 2.17. The SMILES string of the molecule is C[C@H]1CCCc2cc(N(C)c3ccccc3)ccc21. The number of nitrogens with zero attached hydrogens (tertiary/aromatic N) is 1. The Kier molecular flexibility index (Phi) is 3.29. The first kappa shape index (κ1) is 12.3. The summed E-state index contributed by atoms with van der Waals surface area (Å²) in [7, 11) is 2.14. The summed E-state index contributed by atoms with van der Waals surface area (Å²) < 4.78 is 0. The van der Waals surface area contributed by atoms with Crippen molar-refractivity contribution in [3.8, 4) is 0 Å². The highest BCUT2D eigenvalue weighted by molar-refractivity contribution is 5.64. The molecule has 0 amide bonds. The first-order chi connectivity index (χ1) is 9.25. The van der Waals surface area contributed by atoms with Gasteiger partial charge in [-0.2, -0.15) is 0 Å². The van der Waals surface area contributed by atoms with Gasteiger partial charge in [0.15, 0.2) is 0 Å². The molecule has 1 nitrogen and oxygen atoms in total. The second-order valence-corrected chi connectivity index (χ2v) is 5.57. The Morgan fingerprint density at radius 2 is 1.79 bits per heavy atom. The molecule has 19 heavy (non-hydrogen) atoms. The van der Waals surface area contributed by atoms with Gasteiger partial charge in [-0.1, -0.05) is 31.2 Å². The van der Waals surface area contributed by atoms with Gasteiger partial charge in [-0.3, -0.25) is 0 Å². The van der Waals surface area contributed by atoms with Gasteiger partial charge >= 0.3 is 0 Å². The summed E-state index contributed by atoms with van der Waals surface area (Å²) in [5.41, 5.74) is 5.63. The molecule has 0 saturated heterocycles. The van der Waals surface area contributed by atoms with E-state index in [1.165, 1.54) is 30.6 Å². The maximum absolute atomic E-state index is 2.37. The molecule has 0 saturated carbocycles. The van der Waals surface area contributed by atoms with Crippen LogP contribution in [0.3, 0.4) is 0 Å². The normalized spacial score (nSPS) is 17.9. The lowest BCUT2D eigenvalue weighted by Gasteiger charge is -2.26. The van der Waals surface area contributed by atoms with E-state index in [1.54, 1.807) is 11.1 Å². The van der Waals surface area contributed by atoms with Crippen LogP contribution in [0.25, 0.3) is 0 Å². The molecule has 0 unspecified atom stereocenters. The van der Waals surface area contributed by atoms with Crippen molar-refractivity contribution < 1.29 is 0 Å². The fourth-order valence-electron chi connectivity index (χ4n) is 3.05. The maximum Gasteiger partial charge on any atom is 0.0411 e. The van der Waals surface area contributed by atoms with Crippen LogP contribution in [-0.4, -0.2) is 7.05 Å². The molecule has 2 aromatic carbocycles. The number of rotatable bonds is 2. The van der Waals surface area contributed by atoms with E-state index in [0.717, 1.165) is 5.92 Å². The summed E-state index contributed by atoms with van der Waals surface area (Å²) in [5, 5.41) is 0. The van der Waals surface area contributed by atoms with Crippen molar-refractivity contribution in [1.29, 1.82) is 0 Å². The molecule has 98 valence electrons. The third-order valence-corrected chi connectivity index (χ3v) is 4.27. The maximum atomic E-state index is 2.37. The van der Waals surface area contributed by atoms with Crippen molar-refractivity contribution >= 4 is 11.4 Å². The Balaban J connectivity index is 1.94. The third kappa shape index (κ3) is 2.37. The fraction of sp³-hybridized carbons (Fsp3) is 0.333. The summed E-state index contributed by atoms with van der Waals surface area (Å²) in [4.78, 5) is 2.26. The van der Waals surface area contributed by atoms with Gasteiger partial charge in [-0.25, -0.2) is 0 Å². The van der Waals surface area contributed by atoms with Crippen LogP contribution in [-0.2, 0) is 6.42 Å². The monoisotopic (exact) mass is 251 g/mol. The molecule has 3 rings (SSSR count). The molecule has 0 heterocycles. The van der Waals surface area contributed by atoms with Crippen molar-refractivity contribution in [3.05, 3.63) is 59.7 Å². The van der Waals surface area contributed by atoms with Gasteiger partial charge < -0.3 is 4.90 Å². The molecular formula is C18H21N. The van der Waals surface area contributed by atoms with Crippen LogP contribution in [0.2, 0.25) is 0 Å². The molecule has 0 bridgehead atoms. The van der Waals surface area contributed by atoms with Gasteiger partial charge in [-0.15, -0.1) is 0 Å². The van der Waals surface area contributed by atoms with E-state index in [4.69, 9.17) is 0 Å². The molecule has 1 heteroatoms. The predicted molar refractivity (Wildman–Crippen MR) is 82.3 cm³/mol. The second-order valence-electron chi connectivity index (χ2n) is 5.57. The highest BCUT2D eigenvalue weighted by atomic mass is 15.1. The van der Waals surface area contributed by atoms with E-state index in [2.05, 4.69) is 67.4 Å². The summed E-state index contributed by atoms with van der Waals surface area (Å²) >= 11 is 0. The van der Waals surface area contributed by atoms with Crippen molar-refractivity contribution in [2.24, 2.45) is 0 Å². The number of benzene rings is 2. The first-order valence-corrected chi connectivity index (χ1v) is 7.17. The number of para-hydroxylation sites is 1. The molecule has 0 radical (unpaired) electrons. The largest absolute Gasteiger partial charge is 0.345 e. The Morgan fingerprint density at radius 3 is 2.58 bits per heavy atom. The van der Waals surface area contributed by atoms with Crippen molar-refractivity contribution in [2.45, 2.75) is 32.1 Å². The summed E-state index contributed by atoms with van der Waals surface area (Å²) in [6.45, 7) is 2.35. The first-order valence-electron chi connectivity index (χ1n) is 7.17. The van der Waals surface area contributed by atoms with Crippen LogP contribution in [0.15, 0.2) is 48.5 Å². The number of hydrogen-bond acceptors (Lipinski definition) is 1. The van der Waals surface area contributed by atoms with E-state index in [1.807, 2.05) is 0 Å². The molecule has 0 fully saturated rings. The number of fused-ring (bicyclic) bond motifs is 1. The van der Waals surface area contributed by atoms with Crippen LogP contribution < -0.4 is 4.90 Å². The van der Waals surface area contributed by atoms with Gasteiger partial charge in [0.1, 0.15) is 0 Å². The minimum absolute atomic E-state index is 0.722. The summed E-state index contributed by atoms with van der Waals surface area (Å²) in [5.74, 6) is 0.722. The number of aryl methyl sites for hydroxylation is 1. The Morgan fingerprint density at radius 1 is 1.00 bits per heavy atom. The average Bonchev–Trinajstić information content (AvgIpc) is 2.47. The van der Waals surface area contributed by atoms with Crippen LogP contribution in [0, 0.1) is 0 Å². The predicted octanol–water partition coefficient (Wildman–Crippen LogP) is 4.89. The second kappa shape index (κ2) is 5.08. The molecule has 1 aliphatic rings. The molecule has 2 aromatic rings. The van der Waals surface area contributed by atoms with E-state index in [-0.39, 0.29) is 0 Å². The van der Waals surface area contributed by atoms with E-state index in [9.17, 15) is 0 Å². The average molecular weight is 251 g/mol. The zero-order valence-corrected chi connectivity index (χ0v) is 11.8. The minimum Gasteiger partial charge on any atom is -0.345 e. The standard InChI is InChI=1S/C18H21N/c1-14-7-6-8-15-13-17(11-12-18(14)15)19(2)16-9-4-3-5-10-16/h3-5,9-14H,6-8H2,1-2H3/t14-/m0/s1. The highest BCUT2D eigenvalue weighted by Crippen LogP contribution is 2.34. The van der Waals surface area contributed by atoms with Crippen LogP contribution in [0.1, 0.15) is 36.8 Å². The van der Waals surface area contributed by atoms with Gasteiger partial charge in [-0.05, 0) is 60.6 Å². The quantitative estimate of drug-likeness (QED) is 0.734. The van der Waals surface area contributed by atoms with Gasteiger partial charge in [0.05, 0.1) is 0 Å². The van der Waals surface area contributed by atoms with E-state index in [0.29, 0.717) is 0 Å². The van der Waals surface area contributed by atoms with E-state index >= 15 is 0 Å². The van der Waals surface area contributed by atoms with Crippen molar-refractivity contribution in [3.63, 3.8) is 0 Å². The molecular weight excluding hydrogens is 230 g/mol. The molecule has 0 aliphatic heterocycles. The van der Waals surface area contributed by atoms with Crippen molar-refractivity contribution in [1.82, 2.24) is 0 Å². The van der Waals surface area contributed by atoms with Gasteiger partial charge in [0.25, 0.3) is 0 Å². The molecule has 0 aromatic heterocycles. The minimum atomic E-state index is 0.722. The van der Waals surface area contributed by atoms with Gasteiger partial charge in [0.2, 0.25) is 0 Å². The molecule has 0 spiro atoms. The van der Waals surface area contributed by atoms with Crippen LogP contribution in [0.5, 0.6) is 0 Å². The lowest BCUT2D eigenvalue weighted by molar-refractivity contribution is 0.590. The molecule has 1 aliphatic carbocycles. The van der Waals surface area contributed by atoms with Crippen molar-refractivity contribution in [2.75, 3.05) is 11.9 Å². The Bertz CT molecular complexity index is 559. The van der Waals surface area contributed by atoms with Crippen LogP contribution in [0.4, 0.5) is 11.4 Å². The lowest BCUT2D eigenvalue weighted by atomic mass is 9.84. The molecule has 0 N–H and O–H groups in total. The topological polar surface area (TPSA) is 3.24 Å². The fourth-order valence-corrected chi connectivity index (χ4v) is 3.05. The zero-order chi connectivity index (χ0) is 13.2. The Labute approximate surface area is 115 Å². The van der Waals surface area contributed by atoms with Crippen LogP contribution >= 0.6 is 0 Å². The zero-order valence-electron chi connectivity index (χ0n) is 11.8.